The van der Waals surface area contributed by atoms with Crippen molar-refractivity contribution in [1.29, 1.82) is 0 Å². The number of carbonyl (C=O) groups is 1. The fraction of sp³-hybridized carbons (Fsp3) is 0.562. The van der Waals surface area contributed by atoms with E-state index in [-0.39, 0.29) is 0 Å². The quantitative estimate of drug-likeness (QED) is 0.816. The molecule has 0 amide bonds. The van der Waals surface area contributed by atoms with Crippen molar-refractivity contribution in [2.45, 2.75) is 40.0 Å². The van der Waals surface area contributed by atoms with E-state index in [0.29, 0.717) is 5.78 Å². The Morgan fingerprint density at radius 1 is 1.06 bits per heavy atom. The molecule has 0 N–H and O–H groups in total. The summed E-state index contributed by atoms with van der Waals surface area (Å²) in [4.78, 5) is 13.6. The summed E-state index contributed by atoms with van der Waals surface area (Å²) in [5, 5.41) is 0. The summed E-state index contributed by atoms with van der Waals surface area (Å²) in [5.41, 5.74) is 5.64. The first-order chi connectivity index (χ1) is 8.56. The van der Waals surface area contributed by atoms with E-state index in [2.05, 4.69) is 37.8 Å². The maximum absolute atomic E-state index is 11.2. The van der Waals surface area contributed by atoms with Crippen molar-refractivity contribution in [3.05, 3.63) is 34.4 Å². The molecule has 1 saturated heterocycles. The Labute approximate surface area is 110 Å². The van der Waals surface area contributed by atoms with Gasteiger partial charge in [-0.15, -0.1) is 0 Å². The fourth-order valence-corrected chi connectivity index (χ4v) is 2.90. The molecule has 1 aromatic carbocycles. The normalized spacial score (nSPS) is 17.2. The van der Waals surface area contributed by atoms with Crippen LogP contribution in [0.25, 0.3) is 0 Å². The molecule has 0 radical (unpaired) electrons. The van der Waals surface area contributed by atoms with Crippen molar-refractivity contribution in [3.63, 3.8) is 0 Å². The lowest BCUT2D eigenvalue weighted by Gasteiger charge is -2.26. The highest BCUT2D eigenvalue weighted by molar-refractivity contribution is 5.79. The predicted molar refractivity (Wildman–Crippen MR) is 75.0 cm³/mol. The van der Waals surface area contributed by atoms with Crippen LogP contribution in [-0.4, -0.2) is 30.3 Å². The lowest BCUT2D eigenvalue weighted by Crippen LogP contribution is -2.35. The van der Waals surface area contributed by atoms with Gasteiger partial charge in [0.2, 0.25) is 0 Å². The summed E-state index contributed by atoms with van der Waals surface area (Å²) in [5.74, 6) is 0.425. The van der Waals surface area contributed by atoms with Gasteiger partial charge in [0.05, 0.1) is 0 Å². The number of aryl methyl sites for hydroxylation is 3. The number of hydrogen-bond acceptors (Lipinski definition) is 2. The third-order valence-corrected chi connectivity index (χ3v) is 3.93. The van der Waals surface area contributed by atoms with Gasteiger partial charge in [-0.2, -0.15) is 0 Å². The lowest BCUT2D eigenvalue weighted by molar-refractivity contribution is -0.121. The van der Waals surface area contributed by atoms with Crippen molar-refractivity contribution >= 4 is 5.78 Å². The molecule has 1 aliphatic rings. The minimum atomic E-state index is 0.425. The third kappa shape index (κ3) is 3.20. The van der Waals surface area contributed by atoms with Gasteiger partial charge in [-0.25, -0.2) is 0 Å². The maximum atomic E-state index is 11.2. The molecule has 0 unspecified atom stereocenters. The molecular weight excluding hydrogens is 222 g/mol. The summed E-state index contributed by atoms with van der Waals surface area (Å²) < 4.78 is 0. The molecule has 0 spiro atoms. The lowest BCUT2D eigenvalue weighted by atomic mass is 9.97. The summed E-state index contributed by atoms with van der Waals surface area (Å²) >= 11 is 0. The Morgan fingerprint density at radius 3 is 2.17 bits per heavy atom. The van der Waals surface area contributed by atoms with E-state index in [9.17, 15) is 4.79 Å². The van der Waals surface area contributed by atoms with Crippen LogP contribution in [0.4, 0.5) is 0 Å². The van der Waals surface area contributed by atoms with Gasteiger partial charge in [-0.05, 0) is 43.9 Å². The van der Waals surface area contributed by atoms with Crippen LogP contribution in [0.2, 0.25) is 0 Å². The molecule has 1 heterocycles. The number of rotatable bonds is 3. The first kappa shape index (κ1) is 13.3. The number of carbonyl (C=O) groups excluding carboxylic acids is 1. The first-order valence-corrected chi connectivity index (χ1v) is 6.87. The van der Waals surface area contributed by atoms with Gasteiger partial charge in [0.1, 0.15) is 5.78 Å². The molecule has 0 bridgehead atoms. The highest BCUT2D eigenvalue weighted by Crippen LogP contribution is 2.18. The SMILES string of the molecule is Cc1cc(C)c(CCN2CCC(=O)CC2)c(C)c1. The van der Waals surface area contributed by atoms with Crippen LogP contribution in [0, 0.1) is 20.8 Å². The molecule has 0 atom stereocenters. The molecule has 1 aromatic rings. The molecule has 2 heteroatoms. The van der Waals surface area contributed by atoms with E-state index >= 15 is 0 Å². The Hall–Kier alpha value is -1.15. The van der Waals surface area contributed by atoms with Gasteiger partial charge in [-0.1, -0.05) is 17.7 Å². The molecule has 0 saturated carbocycles. The minimum absolute atomic E-state index is 0.425. The van der Waals surface area contributed by atoms with Crippen LogP contribution in [0.5, 0.6) is 0 Å². The minimum Gasteiger partial charge on any atom is -0.302 e. The van der Waals surface area contributed by atoms with Gasteiger partial charge >= 0.3 is 0 Å². The van der Waals surface area contributed by atoms with Crippen molar-refractivity contribution in [2.24, 2.45) is 0 Å². The van der Waals surface area contributed by atoms with Gasteiger partial charge in [0, 0.05) is 32.5 Å². The van der Waals surface area contributed by atoms with Gasteiger partial charge < -0.3 is 4.90 Å². The van der Waals surface area contributed by atoms with Crippen molar-refractivity contribution in [2.75, 3.05) is 19.6 Å². The maximum Gasteiger partial charge on any atom is 0.135 e. The molecular formula is C16H23NO. The number of ketones is 1. The zero-order chi connectivity index (χ0) is 13.1. The number of nitrogens with zero attached hydrogens (tertiary/aromatic N) is 1. The highest BCUT2D eigenvalue weighted by Gasteiger charge is 2.16. The topological polar surface area (TPSA) is 20.3 Å². The van der Waals surface area contributed by atoms with Gasteiger partial charge in [0.15, 0.2) is 0 Å². The van der Waals surface area contributed by atoms with Crippen LogP contribution in [0.15, 0.2) is 12.1 Å². The van der Waals surface area contributed by atoms with Crippen molar-refractivity contribution < 1.29 is 4.79 Å². The average Bonchev–Trinajstić information content (AvgIpc) is 2.30. The average molecular weight is 245 g/mol. The molecule has 18 heavy (non-hydrogen) atoms. The zero-order valence-corrected chi connectivity index (χ0v) is 11.8. The number of piperidine rings is 1. The van der Waals surface area contributed by atoms with E-state index in [1.807, 2.05) is 0 Å². The number of hydrogen-bond donors (Lipinski definition) is 0. The number of Topliss-reactive ketones (excluding diaryl/α,β-unsaturated/α-hetero) is 1. The van der Waals surface area contributed by atoms with Crippen molar-refractivity contribution in [3.8, 4) is 0 Å². The predicted octanol–water partition coefficient (Wildman–Crippen LogP) is 2.82. The van der Waals surface area contributed by atoms with Gasteiger partial charge in [-0.3, -0.25) is 4.79 Å². The van der Waals surface area contributed by atoms with Crippen LogP contribution in [-0.2, 0) is 11.2 Å². The molecule has 1 aliphatic heterocycles. The third-order valence-electron chi connectivity index (χ3n) is 3.93. The monoisotopic (exact) mass is 245 g/mol. The summed E-state index contributed by atoms with van der Waals surface area (Å²) in [6.45, 7) is 9.54. The largest absolute Gasteiger partial charge is 0.302 e. The summed E-state index contributed by atoms with van der Waals surface area (Å²) in [6.07, 6.45) is 2.59. The molecule has 0 aromatic heterocycles. The van der Waals surface area contributed by atoms with E-state index in [0.717, 1.165) is 38.9 Å². The van der Waals surface area contributed by atoms with Crippen LogP contribution < -0.4 is 0 Å². The molecule has 98 valence electrons. The molecule has 2 nitrogen and oxygen atoms in total. The standard InChI is InChI=1S/C16H23NO/c1-12-10-13(2)16(14(3)11-12)6-9-17-7-4-15(18)5-8-17/h10-11H,4-9H2,1-3H3. The fourth-order valence-electron chi connectivity index (χ4n) is 2.90. The van der Waals surface area contributed by atoms with E-state index in [1.54, 1.807) is 0 Å². The Balaban J connectivity index is 1.96. The summed E-state index contributed by atoms with van der Waals surface area (Å²) in [7, 11) is 0. The van der Waals surface area contributed by atoms with E-state index in [1.165, 1.54) is 22.3 Å². The second kappa shape index (κ2) is 5.66. The Kier molecular flexibility index (Phi) is 4.18. The van der Waals surface area contributed by atoms with E-state index in [4.69, 9.17) is 0 Å². The van der Waals surface area contributed by atoms with Crippen LogP contribution >= 0.6 is 0 Å². The second-order valence-corrected chi connectivity index (χ2v) is 5.51. The smallest absolute Gasteiger partial charge is 0.135 e. The van der Waals surface area contributed by atoms with Crippen molar-refractivity contribution in [1.82, 2.24) is 4.90 Å². The number of benzene rings is 1. The molecule has 2 rings (SSSR count). The second-order valence-electron chi connectivity index (χ2n) is 5.51. The molecule has 0 aliphatic carbocycles. The van der Waals surface area contributed by atoms with Crippen LogP contribution in [0.3, 0.4) is 0 Å². The Bertz CT molecular complexity index is 417. The first-order valence-electron chi connectivity index (χ1n) is 6.87. The number of likely N-dealkylation sites (tertiary alicyclic amines) is 1. The zero-order valence-electron chi connectivity index (χ0n) is 11.8. The molecule has 1 fully saturated rings. The van der Waals surface area contributed by atoms with Crippen LogP contribution in [0.1, 0.15) is 35.1 Å². The van der Waals surface area contributed by atoms with Gasteiger partial charge in [0.25, 0.3) is 0 Å². The Morgan fingerprint density at radius 2 is 1.61 bits per heavy atom. The summed E-state index contributed by atoms with van der Waals surface area (Å²) in [6, 6.07) is 4.53. The highest BCUT2D eigenvalue weighted by atomic mass is 16.1. The van der Waals surface area contributed by atoms with E-state index < -0.39 is 0 Å².